The van der Waals surface area contributed by atoms with Gasteiger partial charge in [0.15, 0.2) is 23.7 Å². The zero-order valence-corrected chi connectivity index (χ0v) is 25.1. The summed E-state index contributed by atoms with van der Waals surface area (Å²) in [5.74, 6) is -4.19. The van der Waals surface area contributed by atoms with E-state index in [1.807, 2.05) is 0 Å². The summed E-state index contributed by atoms with van der Waals surface area (Å²) in [5, 5.41) is 86.6. The van der Waals surface area contributed by atoms with Crippen LogP contribution in [0.25, 0.3) is 0 Å². The molecule has 0 amide bonds. The van der Waals surface area contributed by atoms with Crippen molar-refractivity contribution in [1.82, 2.24) is 0 Å². The predicted molar refractivity (Wildman–Crippen MR) is 151 cm³/mol. The van der Waals surface area contributed by atoms with Gasteiger partial charge in [0.2, 0.25) is 5.78 Å². The van der Waals surface area contributed by atoms with Gasteiger partial charge in [0.25, 0.3) is 0 Å². The van der Waals surface area contributed by atoms with Gasteiger partial charge in [0, 0.05) is 12.1 Å². The van der Waals surface area contributed by atoms with Crippen LogP contribution in [0.4, 0.5) is 0 Å². The summed E-state index contributed by atoms with van der Waals surface area (Å²) in [6.07, 6.45) is -4.67. The number of carbonyl (C=O) groups excluding carboxylic acids is 2. The maximum atomic E-state index is 12.6. The van der Waals surface area contributed by atoms with Crippen molar-refractivity contribution in [3.8, 4) is 57.5 Å². The molecule has 0 bridgehead atoms. The molecule has 14 nitrogen and oxygen atoms in total. The molecular weight excluding hydrogens is 654 g/mol. The van der Waals surface area contributed by atoms with E-state index in [2.05, 4.69) is 0 Å². The Labute approximate surface area is 263 Å². The second-order valence-corrected chi connectivity index (χ2v) is 10.6. The topological polar surface area (TPSA) is 244 Å². The van der Waals surface area contributed by atoms with Crippen LogP contribution in [0.15, 0.2) is 60.7 Å². The minimum atomic E-state index is -1.60. The number of aliphatic hydroxyl groups excluding tert-OH is 1. The molecule has 4 atom stereocenters. The van der Waals surface area contributed by atoms with Gasteiger partial charge >= 0.3 is 141 Å². The molecule has 2 aliphatic rings. The molecule has 2 aliphatic heterocycles. The number of hydrogen-bond donors (Lipinski definition) is 9. The van der Waals surface area contributed by atoms with E-state index in [0.29, 0.717) is 5.56 Å². The van der Waals surface area contributed by atoms with Crippen molar-refractivity contribution in [2.75, 3.05) is 0 Å². The summed E-state index contributed by atoms with van der Waals surface area (Å²) in [7, 11) is 0. The number of Topliss-reactive ketones (excluding diaryl/α,β-unsaturated/α-hetero) is 2. The molecule has 9 N–H and O–H groups in total. The average molecular weight is 677 g/mol. The van der Waals surface area contributed by atoms with Crippen molar-refractivity contribution in [3.63, 3.8) is 0 Å². The Balaban J connectivity index is 0.000000178. The van der Waals surface area contributed by atoms with E-state index in [1.54, 1.807) is 0 Å². The predicted octanol–water partition coefficient (Wildman–Crippen LogP) is 2.48. The molecule has 0 aliphatic carbocycles. The number of rotatable bonds is 3. The summed E-state index contributed by atoms with van der Waals surface area (Å²) in [6.45, 7) is 0. The van der Waals surface area contributed by atoms with Crippen LogP contribution in [0.3, 0.4) is 0 Å². The molecule has 0 saturated heterocycles. The molecule has 2 heterocycles. The van der Waals surface area contributed by atoms with E-state index in [0.717, 1.165) is 43.2 Å². The third-order valence-corrected chi connectivity index (χ3v) is 7.64. The van der Waals surface area contributed by atoms with E-state index in [1.165, 1.54) is 36.4 Å². The van der Waals surface area contributed by atoms with Crippen molar-refractivity contribution >= 4 is 30.5 Å². The Kier molecular flexibility index (Phi) is 8.35. The normalized spacial score (nSPS) is 20.1. The Bertz CT molecular complexity index is 1820. The van der Waals surface area contributed by atoms with Crippen LogP contribution >= 0.6 is 0 Å². The number of hydrogen-bond acceptors (Lipinski definition) is 14. The van der Waals surface area contributed by atoms with E-state index < -0.39 is 53.2 Å². The molecule has 4 aromatic carbocycles. The van der Waals surface area contributed by atoms with Gasteiger partial charge in [-0.3, -0.25) is 4.79 Å². The molecular formula is C30H23GaO14. The Hall–Kier alpha value is -5.22. The minimum absolute atomic E-state index is 0.0193. The van der Waals surface area contributed by atoms with Crippen LogP contribution < -0.4 is 9.47 Å². The van der Waals surface area contributed by atoms with Crippen LogP contribution in [0.2, 0.25) is 0 Å². The van der Waals surface area contributed by atoms with Crippen LogP contribution in [-0.4, -0.2) is 88.7 Å². The second-order valence-electron chi connectivity index (χ2n) is 9.98. The van der Waals surface area contributed by atoms with Gasteiger partial charge in [-0.25, -0.2) is 0 Å². The molecule has 45 heavy (non-hydrogen) atoms. The maximum absolute atomic E-state index is 12.6. The fourth-order valence-corrected chi connectivity index (χ4v) is 5.44. The third kappa shape index (κ3) is 5.84. The van der Waals surface area contributed by atoms with Gasteiger partial charge in [0.05, 0.1) is 0 Å². The molecule has 4 unspecified atom stereocenters. The molecule has 0 spiro atoms. The molecule has 0 saturated carbocycles. The molecule has 2 radical (unpaired) electrons. The molecule has 4 aromatic rings. The number of ketones is 2. The first-order valence-corrected chi connectivity index (χ1v) is 13.9. The Morgan fingerprint density at radius 1 is 0.556 bits per heavy atom. The molecule has 230 valence electrons. The fraction of sp³-hybridized carbons (Fsp3) is 0.133. The van der Waals surface area contributed by atoms with Crippen molar-refractivity contribution in [2.45, 2.75) is 24.4 Å². The van der Waals surface area contributed by atoms with Gasteiger partial charge in [-0.2, -0.15) is 0 Å². The first kappa shape index (κ1) is 31.2. The summed E-state index contributed by atoms with van der Waals surface area (Å²) in [4.78, 5) is 24.8. The van der Waals surface area contributed by atoms with Gasteiger partial charge in [0.1, 0.15) is 22.8 Å². The molecule has 0 fully saturated rings. The van der Waals surface area contributed by atoms with Gasteiger partial charge in [-0.05, 0) is 17.7 Å². The van der Waals surface area contributed by atoms with Crippen LogP contribution in [0, 0.1) is 0 Å². The summed E-state index contributed by atoms with van der Waals surface area (Å²) in [6, 6.07) is 12.1. The average Bonchev–Trinajstić information content (AvgIpc) is 2.97. The van der Waals surface area contributed by atoms with Crippen LogP contribution in [-0.2, 0) is 3.53 Å². The fourth-order valence-electron chi connectivity index (χ4n) is 4.88. The number of phenolic OH excluding ortho intramolecular Hbond substituents is 8. The monoisotopic (exact) mass is 676 g/mol. The van der Waals surface area contributed by atoms with E-state index in [-0.39, 0.29) is 56.9 Å². The molecule has 15 heteroatoms. The van der Waals surface area contributed by atoms with Gasteiger partial charge in [-0.15, -0.1) is 0 Å². The quantitative estimate of drug-likeness (QED) is 0.112. The number of aromatic hydroxyl groups is 8. The number of benzene rings is 4. The second kappa shape index (κ2) is 12.0. The zero-order chi connectivity index (χ0) is 32.7. The van der Waals surface area contributed by atoms with Crippen molar-refractivity contribution < 1.29 is 68.6 Å². The van der Waals surface area contributed by atoms with E-state index in [4.69, 9.17) is 13.0 Å². The van der Waals surface area contributed by atoms with Crippen molar-refractivity contribution in [2.24, 2.45) is 0 Å². The van der Waals surface area contributed by atoms with Crippen LogP contribution in [0.1, 0.15) is 44.1 Å². The number of fused-ring (bicyclic) bond motifs is 2. The van der Waals surface area contributed by atoms with Crippen molar-refractivity contribution in [3.05, 3.63) is 82.9 Å². The zero-order valence-electron chi connectivity index (χ0n) is 22.7. The summed E-state index contributed by atoms with van der Waals surface area (Å²) >= 11 is 0.838. The summed E-state index contributed by atoms with van der Waals surface area (Å²) < 4.78 is 16.4. The van der Waals surface area contributed by atoms with Crippen molar-refractivity contribution in [1.29, 1.82) is 0 Å². The standard InChI is InChI=1S/C15H12O7.C15H11O7.Ga/c2*16-7-4-10(19)12-11(5-7)22-15(14(21)13(12)20)6-1-2-8(17)9(18)3-6;/h1-5,14-19,21H;1-5,14-19H;/q;-1;+1. The van der Waals surface area contributed by atoms with E-state index >= 15 is 0 Å². The summed E-state index contributed by atoms with van der Waals surface area (Å²) in [5.41, 5.74) is 0.378. The number of aliphatic hydroxyl groups is 1. The molecule has 6 rings (SSSR count). The SMILES string of the molecule is O=C1c2c(O)cc(O)cc2OC(c2ccc(O)c(O)c2)C1O.O=C1c2c(O)cc(O)cc2OC(c2ccc(O)c(O)c2)C1[O][Ga]. The number of carbonyl (C=O) groups is 2. The van der Waals surface area contributed by atoms with E-state index in [9.17, 15) is 55.5 Å². The van der Waals surface area contributed by atoms with Crippen LogP contribution in [0.5, 0.6) is 57.5 Å². The first-order chi connectivity index (χ1) is 21.3. The molecule has 0 aromatic heterocycles. The first-order valence-electron chi connectivity index (χ1n) is 12.9. The Morgan fingerprint density at radius 2 is 1.00 bits per heavy atom. The van der Waals surface area contributed by atoms with Gasteiger partial charge < -0.3 is 30.3 Å². The Morgan fingerprint density at radius 3 is 1.47 bits per heavy atom. The third-order valence-electron chi connectivity index (χ3n) is 7.02. The van der Waals surface area contributed by atoms with Gasteiger partial charge in [-0.1, -0.05) is 6.07 Å². The number of ether oxygens (including phenoxy) is 2. The number of phenols is 8.